The minimum Gasteiger partial charge on any atom is -0.463 e. The van der Waals surface area contributed by atoms with Crippen LogP contribution in [0.15, 0.2) is 12.2 Å². The van der Waals surface area contributed by atoms with E-state index in [0.29, 0.717) is 12.5 Å². The van der Waals surface area contributed by atoms with Crippen molar-refractivity contribution in [3.05, 3.63) is 12.2 Å². The molecule has 0 saturated heterocycles. The number of amides is 1. The molecule has 0 aromatic heterocycles. The van der Waals surface area contributed by atoms with E-state index in [1.807, 2.05) is 13.8 Å². The Bertz CT molecular complexity index is 209. The van der Waals surface area contributed by atoms with Gasteiger partial charge in [-0.15, -0.1) is 0 Å². The first-order chi connectivity index (χ1) is 6.02. The third kappa shape index (κ3) is 8.59. The van der Waals surface area contributed by atoms with Gasteiger partial charge < -0.3 is 10.5 Å². The molecule has 0 saturated carbocycles. The molecule has 0 radical (unpaired) electrons. The number of carbonyl (C=O) groups excluding carboxylic acids is 2. The molecule has 0 aromatic rings. The first-order valence-corrected chi connectivity index (χ1v) is 4.16. The van der Waals surface area contributed by atoms with E-state index in [0.717, 1.165) is 18.6 Å². The molecular weight excluding hydrogens is 170 g/mol. The Morgan fingerprint density at radius 2 is 2.00 bits per heavy atom. The highest BCUT2D eigenvalue weighted by Crippen LogP contribution is 1.98. The van der Waals surface area contributed by atoms with E-state index in [1.165, 1.54) is 0 Å². The molecule has 0 atom stereocenters. The van der Waals surface area contributed by atoms with Crippen LogP contribution in [0, 0.1) is 5.92 Å². The zero-order valence-corrected chi connectivity index (χ0v) is 7.95. The lowest BCUT2D eigenvalue weighted by molar-refractivity contribution is -0.138. The lowest BCUT2D eigenvalue weighted by atomic mass is 10.1. The van der Waals surface area contributed by atoms with E-state index in [4.69, 9.17) is 10.5 Å². The Morgan fingerprint density at radius 3 is 2.46 bits per heavy atom. The van der Waals surface area contributed by atoms with E-state index in [-0.39, 0.29) is 0 Å². The van der Waals surface area contributed by atoms with E-state index in [9.17, 15) is 9.59 Å². The number of primary amides is 1. The van der Waals surface area contributed by atoms with Crippen molar-refractivity contribution >= 4 is 11.9 Å². The van der Waals surface area contributed by atoms with Crippen molar-refractivity contribution in [1.82, 2.24) is 0 Å². The van der Waals surface area contributed by atoms with Crippen LogP contribution in [-0.4, -0.2) is 18.5 Å². The summed E-state index contributed by atoms with van der Waals surface area (Å²) in [6, 6.07) is 0. The van der Waals surface area contributed by atoms with E-state index in [2.05, 4.69) is 0 Å². The quantitative estimate of drug-likeness (QED) is 0.504. The predicted molar refractivity (Wildman–Crippen MR) is 48.7 cm³/mol. The van der Waals surface area contributed by atoms with Crippen LogP contribution in [0.5, 0.6) is 0 Å². The van der Waals surface area contributed by atoms with Crippen LogP contribution in [0.25, 0.3) is 0 Å². The van der Waals surface area contributed by atoms with Gasteiger partial charge in [0, 0.05) is 12.2 Å². The van der Waals surface area contributed by atoms with Gasteiger partial charge in [-0.05, 0) is 12.3 Å². The molecule has 0 aliphatic carbocycles. The summed E-state index contributed by atoms with van der Waals surface area (Å²) in [5.41, 5.74) is 4.78. The molecule has 0 bridgehead atoms. The Kier molecular flexibility index (Phi) is 5.59. The topological polar surface area (TPSA) is 69.4 Å². The second-order valence-corrected chi connectivity index (χ2v) is 3.09. The molecule has 0 spiro atoms. The minimum absolute atomic E-state index is 0.375. The lowest BCUT2D eigenvalue weighted by Crippen LogP contribution is -2.09. The fourth-order valence-corrected chi connectivity index (χ4v) is 0.594. The van der Waals surface area contributed by atoms with Gasteiger partial charge in [0.25, 0.3) is 0 Å². The molecule has 4 heteroatoms. The third-order valence-corrected chi connectivity index (χ3v) is 1.32. The van der Waals surface area contributed by atoms with Gasteiger partial charge >= 0.3 is 5.97 Å². The van der Waals surface area contributed by atoms with Crippen molar-refractivity contribution in [3.63, 3.8) is 0 Å². The summed E-state index contributed by atoms with van der Waals surface area (Å²) in [7, 11) is 0. The highest BCUT2D eigenvalue weighted by atomic mass is 16.5. The van der Waals surface area contributed by atoms with Crippen LogP contribution in [0.3, 0.4) is 0 Å². The van der Waals surface area contributed by atoms with Crippen molar-refractivity contribution in [2.45, 2.75) is 20.3 Å². The average Bonchev–Trinajstić information content (AvgIpc) is 2.00. The summed E-state index contributed by atoms with van der Waals surface area (Å²) < 4.78 is 4.77. The van der Waals surface area contributed by atoms with Crippen LogP contribution in [-0.2, 0) is 14.3 Å². The van der Waals surface area contributed by atoms with Crippen molar-refractivity contribution in [2.75, 3.05) is 6.61 Å². The highest BCUT2D eigenvalue weighted by molar-refractivity contribution is 5.93. The van der Waals surface area contributed by atoms with Crippen LogP contribution in [0.2, 0.25) is 0 Å². The predicted octanol–water partition coefficient (Wildman–Crippen LogP) is 0.617. The molecule has 4 nitrogen and oxygen atoms in total. The second-order valence-electron chi connectivity index (χ2n) is 3.09. The molecule has 0 rings (SSSR count). The zero-order chi connectivity index (χ0) is 10.3. The second kappa shape index (κ2) is 6.22. The molecule has 0 fully saturated rings. The third-order valence-electron chi connectivity index (χ3n) is 1.32. The fourth-order valence-electron chi connectivity index (χ4n) is 0.594. The molecule has 2 N–H and O–H groups in total. The van der Waals surface area contributed by atoms with Crippen molar-refractivity contribution in [2.24, 2.45) is 11.7 Å². The van der Waals surface area contributed by atoms with Gasteiger partial charge in [0.1, 0.15) is 0 Å². The average molecular weight is 185 g/mol. The normalized spacial score (nSPS) is 10.7. The molecule has 0 unspecified atom stereocenters. The monoisotopic (exact) mass is 185 g/mol. The molecule has 1 amide bonds. The largest absolute Gasteiger partial charge is 0.463 e. The Morgan fingerprint density at radius 1 is 1.38 bits per heavy atom. The maximum atomic E-state index is 10.8. The van der Waals surface area contributed by atoms with Gasteiger partial charge in [0.2, 0.25) is 5.91 Å². The van der Waals surface area contributed by atoms with Gasteiger partial charge in [-0.3, -0.25) is 4.79 Å². The Balaban J connectivity index is 3.58. The lowest BCUT2D eigenvalue weighted by Gasteiger charge is -2.03. The molecular formula is C9H15NO3. The van der Waals surface area contributed by atoms with Crippen LogP contribution in [0.1, 0.15) is 20.3 Å². The minimum atomic E-state index is -0.652. The number of rotatable bonds is 5. The number of esters is 1. The summed E-state index contributed by atoms with van der Waals surface area (Å²) >= 11 is 0. The van der Waals surface area contributed by atoms with E-state index >= 15 is 0 Å². The maximum absolute atomic E-state index is 10.8. The number of nitrogens with two attached hydrogens (primary N) is 1. The number of carbonyl (C=O) groups is 2. The van der Waals surface area contributed by atoms with Crippen molar-refractivity contribution in [1.29, 1.82) is 0 Å². The molecule has 0 aliphatic heterocycles. The summed E-state index contributed by atoms with van der Waals surface area (Å²) in [5, 5.41) is 0. The molecule has 0 aliphatic rings. The highest BCUT2D eigenvalue weighted by Gasteiger charge is 1.98. The van der Waals surface area contributed by atoms with Gasteiger partial charge in [-0.25, -0.2) is 4.79 Å². The Hall–Kier alpha value is -1.32. The van der Waals surface area contributed by atoms with Crippen LogP contribution in [0.4, 0.5) is 0 Å². The summed E-state index contributed by atoms with van der Waals surface area (Å²) in [6.07, 6.45) is 2.83. The van der Waals surface area contributed by atoms with Crippen LogP contribution < -0.4 is 5.73 Å². The first-order valence-electron chi connectivity index (χ1n) is 4.16. The first kappa shape index (κ1) is 11.7. The standard InChI is InChI=1S/C9H15NO3/c1-7(2)5-6-13-9(12)4-3-8(10)11/h3-4,7H,5-6H2,1-2H3,(H2,10,11)/b4-3-. The molecule has 0 aromatic carbocycles. The molecule has 0 heterocycles. The maximum Gasteiger partial charge on any atom is 0.330 e. The fraction of sp³-hybridized carbons (Fsp3) is 0.556. The van der Waals surface area contributed by atoms with Crippen molar-refractivity contribution < 1.29 is 14.3 Å². The summed E-state index contributed by atoms with van der Waals surface area (Å²) in [6.45, 7) is 4.44. The number of hydrogen-bond donors (Lipinski definition) is 1. The zero-order valence-electron chi connectivity index (χ0n) is 7.95. The molecule has 13 heavy (non-hydrogen) atoms. The van der Waals surface area contributed by atoms with Gasteiger partial charge in [-0.1, -0.05) is 13.8 Å². The molecule has 74 valence electrons. The van der Waals surface area contributed by atoms with E-state index < -0.39 is 11.9 Å². The van der Waals surface area contributed by atoms with Crippen LogP contribution >= 0.6 is 0 Å². The number of hydrogen-bond acceptors (Lipinski definition) is 3. The van der Waals surface area contributed by atoms with Gasteiger partial charge in [-0.2, -0.15) is 0 Å². The summed E-state index contributed by atoms with van der Waals surface area (Å²) in [4.78, 5) is 21.0. The van der Waals surface area contributed by atoms with Gasteiger partial charge in [0.15, 0.2) is 0 Å². The summed E-state index contributed by atoms with van der Waals surface area (Å²) in [5.74, 6) is -0.687. The van der Waals surface area contributed by atoms with Crippen molar-refractivity contribution in [3.8, 4) is 0 Å². The number of ether oxygens (including phenoxy) is 1. The smallest absolute Gasteiger partial charge is 0.330 e. The van der Waals surface area contributed by atoms with Gasteiger partial charge in [0.05, 0.1) is 6.61 Å². The SMILES string of the molecule is CC(C)CCOC(=O)/C=C\C(N)=O. The van der Waals surface area contributed by atoms with E-state index in [1.54, 1.807) is 0 Å². The Labute approximate surface area is 77.7 Å².